The molecule has 1 aromatic carbocycles. The van der Waals surface area contributed by atoms with Crippen molar-refractivity contribution in [1.29, 1.82) is 0 Å². The minimum Gasteiger partial charge on any atom is -0.396 e. The van der Waals surface area contributed by atoms with E-state index >= 15 is 0 Å². The van der Waals surface area contributed by atoms with Gasteiger partial charge in [-0.15, -0.1) is 0 Å². The van der Waals surface area contributed by atoms with Crippen LogP contribution in [0, 0.1) is 0 Å². The average Bonchev–Trinajstić information content (AvgIpc) is 2.40. The van der Waals surface area contributed by atoms with Gasteiger partial charge in [-0.2, -0.15) is 0 Å². The highest BCUT2D eigenvalue weighted by Gasteiger charge is 2.10. The lowest BCUT2D eigenvalue weighted by Gasteiger charge is -2.21. The molecule has 19 heavy (non-hydrogen) atoms. The van der Waals surface area contributed by atoms with E-state index in [1.54, 1.807) is 0 Å². The van der Waals surface area contributed by atoms with E-state index in [1.165, 1.54) is 0 Å². The molecule has 0 saturated carbocycles. The number of anilines is 1. The first-order valence-corrected chi connectivity index (χ1v) is 7.45. The number of nitrogens with zero attached hydrogens (tertiary/aromatic N) is 1. The fraction of sp³-hybridized carbons (Fsp3) is 0.571. The first-order chi connectivity index (χ1) is 8.99. The average molecular weight is 304 g/mol. The maximum Gasteiger partial charge on any atom is 0.0693 e. The first-order valence-electron chi connectivity index (χ1n) is 6.69. The van der Waals surface area contributed by atoms with Crippen LogP contribution < -0.4 is 11.1 Å². The minimum atomic E-state index is 0.200. The van der Waals surface area contributed by atoms with Crippen molar-refractivity contribution in [2.45, 2.75) is 26.8 Å². The van der Waals surface area contributed by atoms with Gasteiger partial charge in [-0.1, -0.05) is 37.0 Å². The van der Waals surface area contributed by atoms with Gasteiger partial charge >= 0.3 is 0 Å². The zero-order valence-electron chi connectivity index (χ0n) is 11.8. The van der Waals surface area contributed by atoms with Crippen molar-refractivity contribution in [3.63, 3.8) is 0 Å². The Morgan fingerprint density at radius 3 is 2.21 bits per heavy atom. The number of halogens is 2. The topological polar surface area (TPSA) is 41.3 Å². The summed E-state index contributed by atoms with van der Waals surface area (Å²) in [5.74, 6) is 0. The highest BCUT2D eigenvalue weighted by atomic mass is 35.5. The number of hydrogen-bond acceptors (Lipinski definition) is 3. The van der Waals surface area contributed by atoms with Crippen LogP contribution in [0.15, 0.2) is 12.1 Å². The van der Waals surface area contributed by atoms with Gasteiger partial charge in [0.2, 0.25) is 0 Å². The molecule has 0 aliphatic heterocycles. The summed E-state index contributed by atoms with van der Waals surface area (Å²) in [5.41, 5.74) is 7.24. The Kier molecular flexibility index (Phi) is 6.94. The summed E-state index contributed by atoms with van der Waals surface area (Å²) in [6.07, 6.45) is 0. The third kappa shape index (κ3) is 4.84. The maximum atomic E-state index is 6.05. The summed E-state index contributed by atoms with van der Waals surface area (Å²) in [6.45, 7) is 10.6. The molecular formula is C14H23Cl2N3. The number of hydrogen-bond donors (Lipinski definition) is 2. The van der Waals surface area contributed by atoms with Crippen molar-refractivity contribution in [3.8, 4) is 0 Å². The SMILES string of the molecule is CCN(CC)CCN[C@H](C)c1cc(Cl)c(N)c(Cl)c1. The molecule has 0 aromatic heterocycles. The second-order valence-electron chi connectivity index (χ2n) is 4.60. The highest BCUT2D eigenvalue weighted by molar-refractivity contribution is 6.38. The van der Waals surface area contributed by atoms with Crippen molar-refractivity contribution >= 4 is 28.9 Å². The lowest BCUT2D eigenvalue weighted by Crippen LogP contribution is -2.33. The third-order valence-electron chi connectivity index (χ3n) is 3.37. The zero-order chi connectivity index (χ0) is 14.4. The quantitative estimate of drug-likeness (QED) is 0.757. The van der Waals surface area contributed by atoms with Crippen molar-refractivity contribution in [2.24, 2.45) is 0 Å². The fourth-order valence-electron chi connectivity index (χ4n) is 1.95. The summed E-state index contributed by atoms with van der Waals surface area (Å²) >= 11 is 12.1. The summed E-state index contributed by atoms with van der Waals surface area (Å²) in [6, 6.07) is 3.95. The normalized spacial score (nSPS) is 12.9. The van der Waals surface area contributed by atoms with E-state index in [9.17, 15) is 0 Å². The Morgan fingerprint density at radius 2 is 1.74 bits per heavy atom. The second kappa shape index (κ2) is 7.95. The van der Waals surface area contributed by atoms with Crippen LogP contribution in [0.3, 0.4) is 0 Å². The van der Waals surface area contributed by atoms with E-state index in [-0.39, 0.29) is 6.04 Å². The Balaban J connectivity index is 2.56. The maximum absolute atomic E-state index is 6.05. The predicted octanol–water partition coefficient (Wildman–Crippen LogP) is 3.57. The Labute approximate surface area is 126 Å². The number of nitrogens with one attached hydrogen (secondary N) is 1. The van der Waals surface area contributed by atoms with E-state index < -0.39 is 0 Å². The van der Waals surface area contributed by atoms with Gasteiger partial charge in [0.1, 0.15) is 0 Å². The molecule has 0 amide bonds. The molecule has 0 radical (unpaired) electrons. The number of nitrogens with two attached hydrogens (primary N) is 1. The van der Waals surface area contributed by atoms with E-state index in [4.69, 9.17) is 28.9 Å². The zero-order valence-corrected chi connectivity index (χ0v) is 13.4. The Morgan fingerprint density at radius 1 is 1.21 bits per heavy atom. The molecule has 0 heterocycles. The number of benzene rings is 1. The van der Waals surface area contributed by atoms with Gasteiger partial charge in [0.05, 0.1) is 15.7 Å². The molecule has 0 bridgehead atoms. The molecule has 0 aliphatic rings. The summed E-state index contributed by atoms with van der Waals surface area (Å²) < 4.78 is 0. The fourth-order valence-corrected chi connectivity index (χ4v) is 2.45. The molecule has 0 fully saturated rings. The van der Waals surface area contributed by atoms with E-state index in [2.05, 4.69) is 31.0 Å². The molecule has 0 saturated heterocycles. The minimum absolute atomic E-state index is 0.200. The molecule has 1 rings (SSSR count). The van der Waals surface area contributed by atoms with Crippen molar-refractivity contribution in [3.05, 3.63) is 27.7 Å². The summed E-state index contributed by atoms with van der Waals surface area (Å²) in [7, 11) is 0. The highest BCUT2D eigenvalue weighted by Crippen LogP contribution is 2.31. The van der Waals surface area contributed by atoms with Crippen LogP contribution in [0.1, 0.15) is 32.4 Å². The van der Waals surface area contributed by atoms with E-state index in [0.717, 1.165) is 31.7 Å². The molecule has 0 spiro atoms. The van der Waals surface area contributed by atoms with Gasteiger partial charge in [0, 0.05) is 19.1 Å². The number of likely N-dealkylation sites (N-methyl/N-ethyl adjacent to an activating group) is 1. The van der Waals surface area contributed by atoms with Gasteiger partial charge < -0.3 is 16.0 Å². The van der Waals surface area contributed by atoms with Crippen LogP contribution in [0.5, 0.6) is 0 Å². The molecule has 3 nitrogen and oxygen atoms in total. The standard InChI is InChI=1S/C14H23Cl2N3/c1-4-19(5-2)7-6-18-10(3)11-8-12(15)14(17)13(16)9-11/h8-10,18H,4-7,17H2,1-3H3/t10-/m1/s1. The van der Waals surface area contributed by atoms with Crippen molar-refractivity contribution < 1.29 is 0 Å². The molecule has 0 unspecified atom stereocenters. The largest absolute Gasteiger partial charge is 0.396 e. The van der Waals surface area contributed by atoms with Crippen LogP contribution in [0.2, 0.25) is 10.0 Å². The molecule has 108 valence electrons. The van der Waals surface area contributed by atoms with Gasteiger partial charge in [0.15, 0.2) is 0 Å². The van der Waals surface area contributed by atoms with Crippen LogP contribution in [0.25, 0.3) is 0 Å². The molecule has 5 heteroatoms. The third-order valence-corrected chi connectivity index (χ3v) is 4.00. The predicted molar refractivity (Wildman–Crippen MR) is 85.1 cm³/mol. The van der Waals surface area contributed by atoms with Crippen LogP contribution in [-0.2, 0) is 0 Å². The van der Waals surface area contributed by atoms with Crippen molar-refractivity contribution in [2.75, 3.05) is 31.9 Å². The number of nitrogen functional groups attached to an aromatic ring is 1. The molecule has 1 atom stereocenters. The molecule has 0 aliphatic carbocycles. The lowest BCUT2D eigenvalue weighted by atomic mass is 10.1. The molecular weight excluding hydrogens is 281 g/mol. The lowest BCUT2D eigenvalue weighted by molar-refractivity contribution is 0.298. The first kappa shape index (κ1) is 16.6. The van der Waals surface area contributed by atoms with Crippen molar-refractivity contribution in [1.82, 2.24) is 10.2 Å². The molecule has 3 N–H and O–H groups in total. The smallest absolute Gasteiger partial charge is 0.0693 e. The van der Waals surface area contributed by atoms with Crippen LogP contribution in [0.4, 0.5) is 5.69 Å². The molecule has 1 aromatic rings. The second-order valence-corrected chi connectivity index (χ2v) is 5.42. The van der Waals surface area contributed by atoms with Crippen LogP contribution in [-0.4, -0.2) is 31.1 Å². The monoisotopic (exact) mass is 303 g/mol. The Hall–Kier alpha value is -0.480. The summed E-state index contributed by atoms with van der Waals surface area (Å²) in [4.78, 5) is 2.38. The van der Waals surface area contributed by atoms with E-state index in [1.807, 2.05) is 12.1 Å². The van der Waals surface area contributed by atoms with Crippen LogP contribution >= 0.6 is 23.2 Å². The Bertz CT molecular complexity index is 383. The van der Waals surface area contributed by atoms with Gasteiger partial charge in [-0.25, -0.2) is 0 Å². The number of rotatable bonds is 7. The van der Waals surface area contributed by atoms with Gasteiger partial charge in [0.25, 0.3) is 0 Å². The van der Waals surface area contributed by atoms with Gasteiger partial charge in [-0.05, 0) is 37.7 Å². The summed E-state index contributed by atoms with van der Waals surface area (Å²) in [5, 5.41) is 4.50. The van der Waals surface area contributed by atoms with Gasteiger partial charge in [-0.3, -0.25) is 0 Å². The van der Waals surface area contributed by atoms with E-state index in [0.29, 0.717) is 15.7 Å².